The molecule has 0 bridgehead atoms. The number of likely N-dealkylation sites (N-methyl/N-ethyl adjacent to an activating group) is 1. The van der Waals surface area contributed by atoms with Crippen LogP contribution in [0.5, 0.6) is 0 Å². The van der Waals surface area contributed by atoms with Crippen LogP contribution in [0.4, 0.5) is 5.95 Å². The first-order valence-corrected chi connectivity index (χ1v) is 4.85. The molecular formula is C10H13N5O. The number of hydrogen-bond donors (Lipinski definition) is 1. The highest BCUT2D eigenvalue weighted by molar-refractivity contribution is 5.78. The topological polar surface area (TPSA) is 95.9 Å². The summed E-state index contributed by atoms with van der Waals surface area (Å²) in [5.41, 5.74) is 6.08. The minimum absolute atomic E-state index is 0.0465. The summed E-state index contributed by atoms with van der Waals surface area (Å²) < 4.78 is 0. The molecule has 1 heterocycles. The van der Waals surface area contributed by atoms with E-state index in [9.17, 15) is 4.79 Å². The molecule has 0 spiro atoms. The Labute approximate surface area is 93.7 Å². The molecule has 1 amide bonds. The number of nitrogens with two attached hydrogens (primary N) is 1. The predicted molar refractivity (Wildman–Crippen MR) is 58.6 cm³/mol. The smallest absolute Gasteiger partial charge is 0.237 e. The summed E-state index contributed by atoms with van der Waals surface area (Å²) in [5.74, 6) is -0.0942. The lowest BCUT2D eigenvalue weighted by Gasteiger charge is -2.18. The first-order valence-electron chi connectivity index (χ1n) is 4.85. The van der Waals surface area contributed by atoms with Gasteiger partial charge in [-0.1, -0.05) is 0 Å². The fourth-order valence-electron chi connectivity index (χ4n) is 1.26. The van der Waals surface area contributed by atoms with Gasteiger partial charge >= 0.3 is 0 Å². The molecule has 0 radical (unpaired) electrons. The second-order valence-electron chi connectivity index (χ2n) is 3.29. The van der Waals surface area contributed by atoms with Crippen LogP contribution in [0.15, 0.2) is 6.07 Å². The van der Waals surface area contributed by atoms with Gasteiger partial charge in [-0.3, -0.25) is 4.79 Å². The zero-order valence-corrected chi connectivity index (χ0v) is 9.27. The molecule has 0 aliphatic rings. The number of hydrogen-bond acceptors (Lipinski definition) is 5. The van der Waals surface area contributed by atoms with E-state index in [1.807, 2.05) is 13.0 Å². The summed E-state index contributed by atoms with van der Waals surface area (Å²) in [4.78, 5) is 20.6. The predicted octanol–water partition coefficient (Wildman–Crippen LogP) is -0.0317. The van der Waals surface area contributed by atoms with Crippen LogP contribution >= 0.6 is 0 Å². The number of carbonyl (C=O) groups is 1. The van der Waals surface area contributed by atoms with Gasteiger partial charge in [0, 0.05) is 12.2 Å². The summed E-state index contributed by atoms with van der Waals surface area (Å²) >= 11 is 0. The van der Waals surface area contributed by atoms with E-state index in [0.29, 0.717) is 18.2 Å². The number of nitrogens with zero attached hydrogens (tertiary/aromatic N) is 4. The molecule has 2 N–H and O–H groups in total. The Hall–Kier alpha value is -2.16. The van der Waals surface area contributed by atoms with Crippen molar-refractivity contribution in [3.05, 3.63) is 17.5 Å². The summed E-state index contributed by atoms with van der Waals surface area (Å²) in [6.07, 6.45) is 0. The van der Waals surface area contributed by atoms with Crippen LogP contribution < -0.4 is 10.6 Å². The van der Waals surface area contributed by atoms with Crippen molar-refractivity contribution < 1.29 is 4.79 Å². The van der Waals surface area contributed by atoms with Crippen LogP contribution in [0.25, 0.3) is 0 Å². The molecule has 0 aliphatic carbocycles. The SMILES string of the molecule is CCN(CC(N)=O)c1nc(C)cc(C#N)n1. The number of anilines is 1. The van der Waals surface area contributed by atoms with Crippen LogP contribution in [0.3, 0.4) is 0 Å². The third-order valence-electron chi connectivity index (χ3n) is 1.97. The molecule has 0 saturated heterocycles. The fraction of sp³-hybridized carbons (Fsp3) is 0.400. The van der Waals surface area contributed by atoms with Crippen molar-refractivity contribution in [1.82, 2.24) is 9.97 Å². The second kappa shape index (κ2) is 5.07. The van der Waals surface area contributed by atoms with E-state index in [0.717, 1.165) is 0 Å². The maximum absolute atomic E-state index is 10.8. The number of rotatable bonds is 4. The molecule has 84 valence electrons. The Kier molecular flexibility index (Phi) is 3.78. The van der Waals surface area contributed by atoms with Crippen molar-refractivity contribution in [1.29, 1.82) is 5.26 Å². The van der Waals surface area contributed by atoms with Crippen molar-refractivity contribution in [2.24, 2.45) is 5.73 Å². The van der Waals surface area contributed by atoms with Crippen molar-refractivity contribution >= 4 is 11.9 Å². The van der Waals surface area contributed by atoms with Gasteiger partial charge in [-0.2, -0.15) is 5.26 Å². The number of primary amides is 1. The van der Waals surface area contributed by atoms with Crippen LogP contribution in [-0.2, 0) is 4.79 Å². The second-order valence-corrected chi connectivity index (χ2v) is 3.29. The van der Waals surface area contributed by atoms with Gasteiger partial charge in [-0.15, -0.1) is 0 Å². The van der Waals surface area contributed by atoms with Crippen molar-refractivity contribution in [2.45, 2.75) is 13.8 Å². The summed E-state index contributed by atoms with van der Waals surface area (Å²) in [6.45, 7) is 4.23. The van der Waals surface area contributed by atoms with Gasteiger partial charge in [0.25, 0.3) is 0 Å². The van der Waals surface area contributed by atoms with E-state index in [-0.39, 0.29) is 12.2 Å². The van der Waals surface area contributed by atoms with E-state index in [2.05, 4.69) is 9.97 Å². The van der Waals surface area contributed by atoms with Crippen LogP contribution in [0.2, 0.25) is 0 Å². The maximum atomic E-state index is 10.8. The molecule has 0 fully saturated rings. The lowest BCUT2D eigenvalue weighted by atomic mass is 10.3. The van der Waals surface area contributed by atoms with Gasteiger partial charge in [-0.05, 0) is 19.9 Å². The molecule has 0 unspecified atom stereocenters. The molecule has 0 atom stereocenters. The highest BCUT2D eigenvalue weighted by Gasteiger charge is 2.11. The molecule has 16 heavy (non-hydrogen) atoms. The Bertz CT molecular complexity index is 437. The Balaban J connectivity index is 3.05. The van der Waals surface area contributed by atoms with Gasteiger partial charge in [0.15, 0.2) is 0 Å². The number of aromatic nitrogens is 2. The summed E-state index contributed by atoms with van der Waals surface area (Å²) in [7, 11) is 0. The Morgan fingerprint density at radius 3 is 2.81 bits per heavy atom. The molecule has 6 nitrogen and oxygen atoms in total. The molecule has 0 aromatic carbocycles. The Morgan fingerprint density at radius 2 is 2.31 bits per heavy atom. The average molecular weight is 219 g/mol. The largest absolute Gasteiger partial charge is 0.368 e. The first kappa shape index (κ1) is 11.9. The summed E-state index contributed by atoms with van der Waals surface area (Å²) in [5, 5.41) is 8.77. The zero-order chi connectivity index (χ0) is 12.1. The Morgan fingerprint density at radius 1 is 1.62 bits per heavy atom. The lowest BCUT2D eigenvalue weighted by molar-refractivity contribution is -0.116. The highest BCUT2D eigenvalue weighted by atomic mass is 16.1. The number of nitriles is 1. The van der Waals surface area contributed by atoms with Crippen LogP contribution in [0.1, 0.15) is 18.3 Å². The standard InChI is InChI=1S/C10H13N5O/c1-3-15(6-9(12)16)10-13-7(2)4-8(5-11)14-10/h4H,3,6H2,1-2H3,(H2,12,16). The first-order chi connectivity index (χ1) is 7.56. The number of carbonyl (C=O) groups excluding carboxylic acids is 1. The average Bonchev–Trinajstić information content (AvgIpc) is 2.24. The zero-order valence-electron chi connectivity index (χ0n) is 9.27. The quantitative estimate of drug-likeness (QED) is 0.767. The minimum Gasteiger partial charge on any atom is -0.368 e. The van der Waals surface area contributed by atoms with Crippen LogP contribution in [0, 0.1) is 18.3 Å². The normalized spacial score (nSPS) is 9.56. The molecular weight excluding hydrogens is 206 g/mol. The molecule has 0 aliphatic heterocycles. The minimum atomic E-state index is -0.453. The maximum Gasteiger partial charge on any atom is 0.237 e. The number of aryl methyl sites for hydroxylation is 1. The van der Waals surface area contributed by atoms with Crippen molar-refractivity contribution in [3.63, 3.8) is 0 Å². The van der Waals surface area contributed by atoms with Gasteiger partial charge in [0.2, 0.25) is 11.9 Å². The monoisotopic (exact) mass is 219 g/mol. The van der Waals surface area contributed by atoms with Crippen LogP contribution in [-0.4, -0.2) is 29.0 Å². The third kappa shape index (κ3) is 2.92. The molecule has 1 aromatic heterocycles. The van der Waals surface area contributed by atoms with Gasteiger partial charge in [0.05, 0.1) is 6.54 Å². The molecule has 1 aromatic rings. The van der Waals surface area contributed by atoms with E-state index in [4.69, 9.17) is 11.0 Å². The fourth-order valence-corrected chi connectivity index (χ4v) is 1.26. The van der Waals surface area contributed by atoms with Gasteiger partial charge in [0.1, 0.15) is 11.8 Å². The number of amides is 1. The van der Waals surface area contributed by atoms with Gasteiger partial charge < -0.3 is 10.6 Å². The molecule has 6 heteroatoms. The third-order valence-corrected chi connectivity index (χ3v) is 1.97. The van der Waals surface area contributed by atoms with Crippen molar-refractivity contribution in [2.75, 3.05) is 18.0 Å². The molecule has 0 saturated carbocycles. The van der Waals surface area contributed by atoms with E-state index >= 15 is 0 Å². The summed E-state index contributed by atoms with van der Waals surface area (Å²) in [6, 6.07) is 3.53. The van der Waals surface area contributed by atoms with E-state index < -0.39 is 5.91 Å². The van der Waals surface area contributed by atoms with Gasteiger partial charge in [-0.25, -0.2) is 9.97 Å². The molecule has 1 rings (SSSR count). The lowest BCUT2D eigenvalue weighted by Crippen LogP contribution is -2.35. The van der Waals surface area contributed by atoms with E-state index in [1.54, 1.807) is 17.9 Å². The van der Waals surface area contributed by atoms with E-state index in [1.165, 1.54) is 0 Å². The highest BCUT2D eigenvalue weighted by Crippen LogP contribution is 2.09. The van der Waals surface area contributed by atoms with Crippen molar-refractivity contribution in [3.8, 4) is 6.07 Å².